The number of nitrogens with one attached hydrogen (secondary N) is 1. The lowest BCUT2D eigenvalue weighted by atomic mass is 10.3. The summed E-state index contributed by atoms with van der Waals surface area (Å²) >= 11 is 0. The Labute approximate surface area is 146 Å². The highest BCUT2D eigenvalue weighted by molar-refractivity contribution is 5.96. The molecule has 1 aromatic heterocycles. The molecule has 1 N–H and O–H groups in total. The van der Waals surface area contributed by atoms with Gasteiger partial charge in [0.2, 0.25) is 0 Å². The first-order chi connectivity index (χ1) is 11.9. The molecule has 7 heteroatoms. The maximum absolute atomic E-state index is 12.2. The number of esters is 1. The standard InChI is InChI=1S/C18H23N3O4/c1-12-17(13(2)21(4)20-12)19-18(23)14(3)25-16(22)10-11-24-15-8-6-5-7-9-15/h5-9,14H,10-11H2,1-4H3,(H,19,23)/t14-/m0/s1. The molecule has 0 aliphatic carbocycles. The number of para-hydroxylation sites is 1. The second kappa shape index (κ2) is 8.32. The number of carbonyl (C=O) groups excluding carboxylic acids is 2. The number of carbonyl (C=O) groups is 2. The molecule has 7 nitrogen and oxygen atoms in total. The van der Waals surface area contributed by atoms with Crippen molar-refractivity contribution < 1.29 is 19.1 Å². The third kappa shape index (κ3) is 5.07. The molecular weight excluding hydrogens is 322 g/mol. The van der Waals surface area contributed by atoms with Crippen LogP contribution in [0.4, 0.5) is 5.69 Å². The van der Waals surface area contributed by atoms with Crippen molar-refractivity contribution in [3.8, 4) is 5.75 Å². The molecule has 25 heavy (non-hydrogen) atoms. The third-order valence-corrected chi connectivity index (χ3v) is 3.75. The van der Waals surface area contributed by atoms with E-state index >= 15 is 0 Å². The van der Waals surface area contributed by atoms with Gasteiger partial charge >= 0.3 is 5.97 Å². The zero-order valence-corrected chi connectivity index (χ0v) is 14.9. The van der Waals surface area contributed by atoms with Crippen molar-refractivity contribution in [2.45, 2.75) is 33.3 Å². The first-order valence-corrected chi connectivity index (χ1v) is 8.07. The lowest BCUT2D eigenvalue weighted by Gasteiger charge is -2.14. The van der Waals surface area contributed by atoms with Crippen LogP contribution in [0.15, 0.2) is 30.3 Å². The van der Waals surface area contributed by atoms with E-state index in [1.54, 1.807) is 30.8 Å². The molecule has 2 rings (SSSR count). The molecular formula is C18H23N3O4. The summed E-state index contributed by atoms with van der Waals surface area (Å²) in [5.74, 6) is -0.196. The van der Waals surface area contributed by atoms with E-state index in [0.29, 0.717) is 17.1 Å². The van der Waals surface area contributed by atoms with E-state index in [2.05, 4.69) is 10.4 Å². The van der Waals surface area contributed by atoms with E-state index in [0.717, 1.165) is 5.69 Å². The smallest absolute Gasteiger partial charge is 0.310 e. The number of aryl methyl sites for hydroxylation is 2. The maximum Gasteiger partial charge on any atom is 0.310 e. The number of amides is 1. The van der Waals surface area contributed by atoms with Gasteiger partial charge < -0.3 is 14.8 Å². The zero-order valence-electron chi connectivity index (χ0n) is 14.9. The van der Waals surface area contributed by atoms with Crippen molar-refractivity contribution in [3.05, 3.63) is 41.7 Å². The average Bonchev–Trinajstić information content (AvgIpc) is 2.82. The molecule has 1 amide bonds. The molecule has 1 atom stereocenters. The van der Waals surface area contributed by atoms with Gasteiger partial charge in [0.15, 0.2) is 6.10 Å². The fourth-order valence-electron chi connectivity index (χ4n) is 2.26. The van der Waals surface area contributed by atoms with Gasteiger partial charge in [0.25, 0.3) is 5.91 Å². The molecule has 134 valence electrons. The van der Waals surface area contributed by atoms with Crippen LogP contribution in [-0.2, 0) is 21.4 Å². The monoisotopic (exact) mass is 345 g/mol. The first-order valence-electron chi connectivity index (χ1n) is 8.07. The van der Waals surface area contributed by atoms with Crippen LogP contribution in [0.25, 0.3) is 0 Å². The summed E-state index contributed by atoms with van der Waals surface area (Å²) in [5.41, 5.74) is 2.19. The Kier molecular flexibility index (Phi) is 6.16. The highest BCUT2D eigenvalue weighted by Gasteiger charge is 2.20. The molecule has 0 spiro atoms. The number of hydrogen-bond donors (Lipinski definition) is 1. The van der Waals surface area contributed by atoms with Crippen LogP contribution in [0.5, 0.6) is 5.75 Å². The summed E-state index contributed by atoms with van der Waals surface area (Å²) in [6.07, 6.45) is -0.833. The van der Waals surface area contributed by atoms with E-state index < -0.39 is 18.0 Å². The van der Waals surface area contributed by atoms with E-state index in [-0.39, 0.29) is 13.0 Å². The molecule has 0 unspecified atom stereocenters. The Morgan fingerprint density at radius 3 is 2.52 bits per heavy atom. The number of rotatable bonds is 7. The predicted octanol–water partition coefficient (Wildman–Crippen LogP) is 2.38. The number of ether oxygens (including phenoxy) is 2. The summed E-state index contributed by atoms with van der Waals surface area (Å²) in [5, 5.41) is 6.99. The van der Waals surface area contributed by atoms with Gasteiger partial charge in [0.05, 0.1) is 30.1 Å². The van der Waals surface area contributed by atoms with Crippen molar-refractivity contribution >= 4 is 17.6 Å². The Hall–Kier alpha value is -2.83. The lowest BCUT2D eigenvalue weighted by Crippen LogP contribution is -2.30. The van der Waals surface area contributed by atoms with Gasteiger partial charge in [-0.3, -0.25) is 14.3 Å². The second-order valence-corrected chi connectivity index (χ2v) is 5.70. The number of aromatic nitrogens is 2. The molecule has 0 aliphatic rings. The highest BCUT2D eigenvalue weighted by Crippen LogP contribution is 2.18. The Balaban J connectivity index is 1.79. The molecule has 1 heterocycles. The highest BCUT2D eigenvalue weighted by atomic mass is 16.5. The van der Waals surface area contributed by atoms with Gasteiger partial charge in [-0.2, -0.15) is 5.10 Å². The number of nitrogens with zero attached hydrogens (tertiary/aromatic N) is 2. The number of benzene rings is 1. The van der Waals surface area contributed by atoms with Gasteiger partial charge in [-0.05, 0) is 32.9 Å². The Morgan fingerprint density at radius 1 is 1.24 bits per heavy atom. The molecule has 2 aromatic rings. The number of anilines is 1. The van der Waals surface area contributed by atoms with Crippen LogP contribution >= 0.6 is 0 Å². The zero-order chi connectivity index (χ0) is 18.4. The molecule has 0 bridgehead atoms. The van der Waals surface area contributed by atoms with Gasteiger partial charge in [0.1, 0.15) is 5.75 Å². The normalized spacial score (nSPS) is 11.7. The molecule has 0 aliphatic heterocycles. The third-order valence-electron chi connectivity index (χ3n) is 3.75. The Bertz CT molecular complexity index is 740. The van der Waals surface area contributed by atoms with E-state index in [9.17, 15) is 9.59 Å². The molecule has 1 aromatic carbocycles. The van der Waals surface area contributed by atoms with Crippen LogP contribution < -0.4 is 10.1 Å². The van der Waals surface area contributed by atoms with Crippen molar-refractivity contribution in [2.75, 3.05) is 11.9 Å². The summed E-state index contributed by atoms with van der Waals surface area (Å²) in [6.45, 7) is 5.39. The van der Waals surface area contributed by atoms with Crippen molar-refractivity contribution in [1.29, 1.82) is 0 Å². The van der Waals surface area contributed by atoms with Crippen LogP contribution in [0.3, 0.4) is 0 Å². The first kappa shape index (κ1) is 18.5. The molecule has 0 saturated carbocycles. The maximum atomic E-state index is 12.2. The Morgan fingerprint density at radius 2 is 1.92 bits per heavy atom. The summed E-state index contributed by atoms with van der Waals surface area (Å²) in [4.78, 5) is 24.0. The second-order valence-electron chi connectivity index (χ2n) is 5.70. The van der Waals surface area contributed by atoms with E-state index in [1.165, 1.54) is 6.92 Å². The van der Waals surface area contributed by atoms with Crippen LogP contribution in [0.2, 0.25) is 0 Å². The topological polar surface area (TPSA) is 82.5 Å². The van der Waals surface area contributed by atoms with Crippen LogP contribution in [0.1, 0.15) is 24.7 Å². The van der Waals surface area contributed by atoms with E-state index in [4.69, 9.17) is 9.47 Å². The summed E-state index contributed by atoms with van der Waals surface area (Å²) in [6, 6.07) is 9.19. The van der Waals surface area contributed by atoms with Crippen molar-refractivity contribution in [1.82, 2.24) is 9.78 Å². The molecule has 0 fully saturated rings. The van der Waals surface area contributed by atoms with Gasteiger partial charge in [-0.25, -0.2) is 0 Å². The SMILES string of the molecule is Cc1nn(C)c(C)c1NC(=O)[C@H](C)OC(=O)CCOc1ccccc1. The minimum absolute atomic E-state index is 0.0669. The van der Waals surface area contributed by atoms with Gasteiger partial charge in [-0.1, -0.05) is 18.2 Å². The minimum Gasteiger partial charge on any atom is -0.493 e. The van der Waals surface area contributed by atoms with Gasteiger partial charge in [-0.15, -0.1) is 0 Å². The minimum atomic E-state index is -0.900. The lowest BCUT2D eigenvalue weighted by molar-refractivity contribution is -0.153. The summed E-state index contributed by atoms with van der Waals surface area (Å²) < 4.78 is 12.3. The fourth-order valence-corrected chi connectivity index (χ4v) is 2.26. The summed E-state index contributed by atoms with van der Waals surface area (Å²) in [7, 11) is 1.80. The quantitative estimate of drug-likeness (QED) is 0.779. The van der Waals surface area contributed by atoms with E-state index in [1.807, 2.05) is 25.1 Å². The van der Waals surface area contributed by atoms with Crippen molar-refractivity contribution in [2.24, 2.45) is 7.05 Å². The molecule has 0 saturated heterocycles. The molecule has 0 radical (unpaired) electrons. The van der Waals surface area contributed by atoms with Gasteiger partial charge in [0, 0.05) is 7.05 Å². The predicted molar refractivity (Wildman–Crippen MR) is 93.4 cm³/mol. The largest absolute Gasteiger partial charge is 0.493 e. The van der Waals surface area contributed by atoms with Crippen molar-refractivity contribution in [3.63, 3.8) is 0 Å². The van der Waals surface area contributed by atoms with Crippen LogP contribution in [0, 0.1) is 13.8 Å². The van der Waals surface area contributed by atoms with Crippen LogP contribution in [-0.4, -0.2) is 34.4 Å². The average molecular weight is 345 g/mol. The number of hydrogen-bond acceptors (Lipinski definition) is 5. The fraction of sp³-hybridized carbons (Fsp3) is 0.389.